The number of halogens is 5. The summed E-state index contributed by atoms with van der Waals surface area (Å²) in [5.74, 6) is -2.57. The molecule has 1 amide bonds. The van der Waals surface area contributed by atoms with Crippen molar-refractivity contribution in [2.45, 2.75) is 6.18 Å². The molecule has 0 spiro atoms. The van der Waals surface area contributed by atoms with Gasteiger partial charge in [0.1, 0.15) is 17.2 Å². The number of aromatic amines is 1. The van der Waals surface area contributed by atoms with Crippen LogP contribution < -0.4 is 25.1 Å². The van der Waals surface area contributed by atoms with Crippen molar-refractivity contribution in [2.75, 3.05) is 19.5 Å². The molecule has 0 aliphatic carbocycles. The minimum atomic E-state index is -4.70. The Balaban J connectivity index is 0.000000371. The summed E-state index contributed by atoms with van der Waals surface area (Å²) in [5.41, 5.74) is -1.97. The fourth-order valence-electron chi connectivity index (χ4n) is 3.19. The highest BCUT2D eigenvalue weighted by atomic mass is 19.4. The summed E-state index contributed by atoms with van der Waals surface area (Å²) in [6.07, 6.45) is -3.44. The van der Waals surface area contributed by atoms with E-state index in [1.807, 2.05) is 0 Å². The summed E-state index contributed by atoms with van der Waals surface area (Å²) in [6.45, 7) is 0. The Morgan fingerprint density at radius 3 is 2.05 bits per heavy atom. The molecular weight excluding hydrogens is 543 g/mol. The van der Waals surface area contributed by atoms with Crippen molar-refractivity contribution < 1.29 is 46.1 Å². The van der Waals surface area contributed by atoms with Crippen molar-refractivity contribution in [1.82, 2.24) is 4.98 Å². The van der Waals surface area contributed by atoms with Crippen LogP contribution in [0.1, 0.15) is 15.9 Å². The van der Waals surface area contributed by atoms with Crippen molar-refractivity contribution >= 4 is 11.6 Å². The van der Waals surface area contributed by atoms with Gasteiger partial charge in [0.15, 0.2) is 23.1 Å². The van der Waals surface area contributed by atoms with Crippen LogP contribution in [0.25, 0.3) is 0 Å². The number of phenols is 1. The first-order chi connectivity index (χ1) is 18.9. The van der Waals surface area contributed by atoms with Crippen LogP contribution in [0.3, 0.4) is 0 Å². The summed E-state index contributed by atoms with van der Waals surface area (Å²) >= 11 is 0. The van der Waals surface area contributed by atoms with Gasteiger partial charge in [0.05, 0.1) is 25.3 Å². The number of phenolic OH excluding ortho intramolecular Hbond substituents is 1. The number of carbonyl (C=O) groups excluding carboxylic acids is 1. The van der Waals surface area contributed by atoms with Gasteiger partial charge in [-0.3, -0.25) is 9.59 Å². The fourth-order valence-corrected chi connectivity index (χ4v) is 3.19. The van der Waals surface area contributed by atoms with Crippen LogP contribution in [0.15, 0.2) is 77.7 Å². The number of hydrogen-bond acceptors (Lipinski definition) is 6. The number of pyridine rings is 1. The predicted molar refractivity (Wildman–Crippen MR) is 134 cm³/mol. The summed E-state index contributed by atoms with van der Waals surface area (Å²) in [5, 5.41) is 11.1. The molecule has 1 aromatic heterocycles. The number of nitrogens with one attached hydrogen (secondary N) is 2. The Hall–Kier alpha value is -5.07. The third kappa shape index (κ3) is 7.72. The lowest BCUT2D eigenvalue weighted by molar-refractivity contribution is -0.137. The van der Waals surface area contributed by atoms with Crippen LogP contribution in [-0.2, 0) is 6.18 Å². The number of H-pyrrole nitrogens is 1. The van der Waals surface area contributed by atoms with Crippen LogP contribution >= 0.6 is 0 Å². The number of rotatable bonds is 6. The maximum absolute atomic E-state index is 13.9. The first-order valence-electron chi connectivity index (χ1n) is 11.2. The third-order valence-electron chi connectivity index (χ3n) is 5.07. The number of carbonyl (C=O) groups is 1. The quantitative estimate of drug-likeness (QED) is 0.243. The van der Waals surface area contributed by atoms with Crippen molar-refractivity contribution in [3.05, 3.63) is 106 Å². The second-order valence-electron chi connectivity index (χ2n) is 7.82. The molecule has 0 unspecified atom stereocenters. The largest absolute Gasteiger partial charge is 0.508 e. The van der Waals surface area contributed by atoms with E-state index in [4.69, 9.17) is 14.6 Å². The lowest BCUT2D eigenvalue weighted by Gasteiger charge is -2.15. The van der Waals surface area contributed by atoms with Crippen molar-refractivity contribution in [2.24, 2.45) is 0 Å². The number of methoxy groups -OCH3 is 2. The molecule has 0 saturated carbocycles. The number of alkyl halides is 3. The Kier molecular flexibility index (Phi) is 9.33. The lowest BCUT2D eigenvalue weighted by atomic mass is 10.1. The van der Waals surface area contributed by atoms with Crippen LogP contribution in [0.4, 0.5) is 27.6 Å². The maximum Gasteiger partial charge on any atom is 0.416 e. The van der Waals surface area contributed by atoms with Gasteiger partial charge in [-0.15, -0.1) is 0 Å². The zero-order chi connectivity index (χ0) is 29.4. The van der Waals surface area contributed by atoms with Crippen molar-refractivity contribution in [3.8, 4) is 28.7 Å². The number of ether oxygens (including phenoxy) is 3. The van der Waals surface area contributed by atoms with Crippen LogP contribution in [0.2, 0.25) is 0 Å². The predicted octanol–water partition coefficient (Wildman–Crippen LogP) is 6.13. The monoisotopic (exact) mass is 564 g/mol. The maximum atomic E-state index is 13.9. The van der Waals surface area contributed by atoms with Gasteiger partial charge in [0.2, 0.25) is 5.56 Å². The highest BCUT2D eigenvalue weighted by Gasteiger charge is 2.32. The molecule has 4 aromatic rings. The third-order valence-corrected chi connectivity index (χ3v) is 5.07. The van der Waals surface area contributed by atoms with Gasteiger partial charge in [-0.25, -0.2) is 8.78 Å². The molecule has 0 saturated heterocycles. The molecule has 0 bridgehead atoms. The first kappa shape index (κ1) is 29.5. The molecule has 13 heteroatoms. The smallest absolute Gasteiger partial charge is 0.416 e. The Bertz CT molecular complexity index is 1560. The summed E-state index contributed by atoms with van der Waals surface area (Å²) in [6, 6.07) is 12.0. The molecule has 0 atom stereocenters. The van der Waals surface area contributed by atoms with Gasteiger partial charge >= 0.3 is 6.18 Å². The van der Waals surface area contributed by atoms with E-state index in [1.54, 1.807) is 0 Å². The number of benzene rings is 3. The van der Waals surface area contributed by atoms with Gasteiger partial charge in [0.25, 0.3) is 5.91 Å². The van der Waals surface area contributed by atoms with Gasteiger partial charge < -0.3 is 29.6 Å². The molecule has 0 radical (unpaired) electrons. The molecule has 4 rings (SSSR count). The van der Waals surface area contributed by atoms with Gasteiger partial charge in [-0.2, -0.15) is 13.2 Å². The topological polar surface area (TPSA) is 110 Å². The zero-order valence-corrected chi connectivity index (χ0v) is 20.8. The molecule has 0 aliphatic rings. The molecule has 0 aliphatic heterocycles. The first-order valence-corrected chi connectivity index (χ1v) is 11.2. The van der Waals surface area contributed by atoms with E-state index in [-0.39, 0.29) is 34.4 Å². The molecule has 1 heterocycles. The molecule has 0 fully saturated rings. The summed E-state index contributed by atoms with van der Waals surface area (Å²) < 4.78 is 80.7. The lowest BCUT2D eigenvalue weighted by Crippen LogP contribution is -2.16. The van der Waals surface area contributed by atoms with E-state index in [9.17, 15) is 31.5 Å². The van der Waals surface area contributed by atoms with E-state index in [2.05, 4.69) is 15.0 Å². The van der Waals surface area contributed by atoms with E-state index >= 15 is 0 Å². The number of amides is 1. The minimum Gasteiger partial charge on any atom is -0.508 e. The standard InChI is InChI=1S/C20H14F4N2O4.C7H7FO2/c1-29-17-5-3-13(10-15(17)21)30-16-4-2-11(20(22,23)24)8-14(16)19(28)26-12-6-7-25-18(27)9-12;1-10-7-3-2-5(9)4-6(7)8/h2-10H,1H3,(H2,25,26,27,28);2-4,9H,1H3. The Morgan fingerprint density at radius 2 is 1.48 bits per heavy atom. The molecule has 3 N–H and O–H groups in total. The summed E-state index contributed by atoms with van der Waals surface area (Å²) in [7, 11) is 2.64. The number of aromatic hydroxyl groups is 1. The average Bonchev–Trinajstić information content (AvgIpc) is 2.89. The molecule has 3 aromatic carbocycles. The summed E-state index contributed by atoms with van der Waals surface area (Å²) in [4.78, 5) is 26.3. The highest BCUT2D eigenvalue weighted by molar-refractivity contribution is 6.06. The normalized spacial score (nSPS) is 10.7. The Morgan fingerprint density at radius 1 is 0.850 bits per heavy atom. The van der Waals surface area contributed by atoms with E-state index in [0.29, 0.717) is 6.07 Å². The van der Waals surface area contributed by atoms with Gasteiger partial charge in [0, 0.05) is 30.1 Å². The van der Waals surface area contributed by atoms with Crippen molar-refractivity contribution in [3.63, 3.8) is 0 Å². The SMILES string of the molecule is COc1ccc(O)cc1F.COc1ccc(Oc2ccc(C(F)(F)F)cc2C(=O)Nc2cc[nH]c(=O)c2)cc1F. The van der Waals surface area contributed by atoms with E-state index < -0.39 is 40.4 Å². The number of anilines is 1. The number of hydrogen-bond donors (Lipinski definition) is 3. The van der Waals surface area contributed by atoms with Crippen LogP contribution in [0, 0.1) is 11.6 Å². The van der Waals surface area contributed by atoms with Crippen molar-refractivity contribution in [1.29, 1.82) is 0 Å². The Labute approximate surface area is 223 Å². The molecular formula is C27H21F5N2O6. The van der Waals surface area contributed by atoms with E-state index in [1.165, 1.54) is 50.7 Å². The second kappa shape index (κ2) is 12.7. The molecule has 8 nitrogen and oxygen atoms in total. The highest BCUT2D eigenvalue weighted by Crippen LogP contribution is 2.35. The van der Waals surface area contributed by atoms with E-state index in [0.717, 1.165) is 30.3 Å². The zero-order valence-electron chi connectivity index (χ0n) is 20.8. The van der Waals surface area contributed by atoms with Crippen LogP contribution in [0.5, 0.6) is 28.7 Å². The molecule has 40 heavy (non-hydrogen) atoms. The van der Waals surface area contributed by atoms with Gasteiger partial charge in [-0.1, -0.05) is 0 Å². The fraction of sp³-hybridized carbons (Fsp3) is 0.111. The number of aromatic nitrogens is 1. The average molecular weight is 564 g/mol. The molecule has 210 valence electrons. The minimum absolute atomic E-state index is 0.0537. The van der Waals surface area contributed by atoms with Crippen LogP contribution in [-0.4, -0.2) is 30.2 Å². The van der Waals surface area contributed by atoms with Gasteiger partial charge in [-0.05, 0) is 48.5 Å². The second-order valence-corrected chi connectivity index (χ2v) is 7.82.